The third-order valence-electron chi connectivity index (χ3n) is 20.1. The Morgan fingerprint density at radius 3 is 0.859 bits per heavy atom. The first-order valence-corrected chi connectivity index (χ1v) is 45.3. The van der Waals surface area contributed by atoms with Gasteiger partial charge in [-0.2, -0.15) is 0 Å². The highest BCUT2D eigenvalue weighted by atomic mass is 31.2. The topological polar surface area (TPSA) is 111 Å². The summed E-state index contributed by atoms with van der Waals surface area (Å²) in [4.78, 5) is 38.2. The van der Waals surface area contributed by atoms with E-state index in [1.165, 1.54) is 366 Å². The van der Waals surface area contributed by atoms with E-state index >= 15 is 0 Å². The van der Waals surface area contributed by atoms with Crippen LogP contribution < -0.4 is 4.89 Å². The monoisotopic (exact) mass is 1410 g/mol. The maximum Gasteiger partial charge on any atom is 0.306 e. The van der Waals surface area contributed by atoms with Gasteiger partial charge in [0.2, 0.25) is 0 Å². The molecule has 0 aromatic rings. The molecular weight excluding hydrogens is 1240 g/mol. The number of ether oxygens (including phenoxy) is 2. The van der Waals surface area contributed by atoms with Crippen LogP contribution in [0.1, 0.15) is 457 Å². The van der Waals surface area contributed by atoms with Crippen LogP contribution in [0.4, 0.5) is 0 Å². The smallest absolute Gasteiger partial charge is 0.306 e. The molecule has 0 rings (SSSR count). The van der Waals surface area contributed by atoms with E-state index in [2.05, 4.69) is 62.5 Å². The highest BCUT2D eigenvalue weighted by Gasteiger charge is 2.22. The van der Waals surface area contributed by atoms with Gasteiger partial charge in [0.15, 0.2) is 6.10 Å². The fourth-order valence-electron chi connectivity index (χ4n) is 13.5. The average molecular weight is 1410 g/mol. The van der Waals surface area contributed by atoms with Crippen molar-refractivity contribution in [1.29, 1.82) is 0 Å². The van der Waals surface area contributed by atoms with Gasteiger partial charge in [-0.15, -0.1) is 0 Å². The largest absolute Gasteiger partial charge is 0.756 e. The maximum atomic E-state index is 12.9. The van der Waals surface area contributed by atoms with Crippen molar-refractivity contribution in [2.75, 3.05) is 47.5 Å². The maximum absolute atomic E-state index is 12.9. The lowest BCUT2D eigenvalue weighted by atomic mass is 10.0. The van der Waals surface area contributed by atoms with Gasteiger partial charge in [0, 0.05) is 12.8 Å². The van der Waals surface area contributed by atoms with Gasteiger partial charge in [0.25, 0.3) is 7.82 Å². The van der Waals surface area contributed by atoms with Crippen LogP contribution in [0, 0.1) is 0 Å². The molecule has 2 unspecified atom stereocenters. The number of quaternary nitrogens is 1. The number of nitrogens with zero attached hydrogens (tertiary/aromatic N) is 1. The zero-order valence-electron chi connectivity index (χ0n) is 67.0. The minimum atomic E-state index is -4.64. The summed E-state index contributed by atoms with van der Waals surface area (Å²) in [5.74, 6) is -0.804. The second-order valence-corrected chi connectivity index (χ2v) is 32.7. The number of phosphoric acid groups is 1. The van der Waals surface area contributed by atoms with Gasteiger partial charge in [0.05, 0.1) is 27.7 Å². The van der Waals surface area contributed by atoms with Gasteiger partial charge in [-0.25, -0.2) is 0 Å². The summed E-state index contributed by atoms with van der Waals surface area (Å²) in [5, 5.41) is 0. The molecule has 99 heavy (non-hydrogen) atoms. The number of allylic oxidation sites excluding steroid dienone is 8. The molecule has 0 aliphatic rings. The summed E-state index contributed by atoms with van der Waals surface area (Å²) < 4.78 is 34.5. The number of carbonyl (C=O) groups is 2. The first-order chi connectivity index (χ1) is 48.5. The number of esters is 2. The molecule has 2 atom stereocenters. The van der Waals surface area contributed by atoms with Crippen molar-refractivity contribution in [2.45, 2.75) is 463 Å². The molecule has 0 aromatic carbocycles. The fourth-order valence-corrected chi connectivity index (χ4v) is 14.2. The molecule has 0 aliphatic carbocycles. The molecule has 0 aliphatic heterocycles. The Hall–Kier alpha value is -2.03. The van der Waals surface area contributed by atoms with Gasteiger partial charge >= 0.3 is 11.9 Å². The molecule has 10 heteroatoms. The number of hydrogen-bond acceptors (Lipinski definition) is 8. The average Bonchev–Trinajstić information content (AvgIpc) is 0.989. The van der Waals surface area contributed by atoms with Crippen LogP contribution in [0.25, 0.3) is 0 Å². The van der Waals surface area contributed by atoms with Crippen LogP contribution in [0.5, 0.6) is 0 Å². The molecule has 0 saturated heterocycles. The quantitative estimate of drug-likeness (QED) is 0.0195. The Morgan fingerprint density at radius 2 is 0.576 bits per heavy atom. The van der Waals surface area contributed by atoms with Crippen molar-refractivity contribution in [1.82, 2.24) is 0 Å². The molecule has 0 saturated carbocycles. The van der Waals surface area contributed by atoms with Gasteiger partial charge in [0.1, 0.15) is 19.8 Å². The highest BCUT2D eigenvalue weighted by molar-refractivity contribution is 7.45. The SMILES string of the molecule is CC/C=C\C/C=C\C/C=C\C/C=C\CCCCCCCCCCCCCCCCCCCCCCCCCCCCC(=O)OC(COC(=O)CCCCCCCCCCCCCCCCCCCCCCCCCCCCCCCCCCCCCC)COP(=O)([O-])OCC[N+](C)(C)C. The van der Waals surface area contributed by atoms with Crippen LogP contribution in [0.2, 0.25) is 0 Å². The van der Waals surface area contributed by atoms with E-state index in [-0.39, 0.29) is 32.0 Å². The van der Waals surface area contributed by atoms with E-state index in [0.717, 1.165) is 57.8 Å². The molecule has 0 fully saturated rings. The van der Waals surface area contributed by atoms with E-state index in [4.69, 9.17) is 18.5 Å². The highest BCUT2D eigenvalue weighted by Crippen LogP contribution is 2.38. The molecule has 0 amide bonds. The molecule has 0 spiro atoms. The van der Waals surface area contributed by atoms with Gasteiger partial charge < -0.3 is 27.9 Å². The van der Waals surface area contributed by atoms with Gasteiger partial charge in [-0.3, -0.25) is 14.2 Å². The third kappa shape index (κ3) is 84.8. The summed E-state index contributed by atoms with van der Waals surface area (Å²) >= 11 is 0. The molecule has 9 nitrogen and oxygen atoms in total. The van der Waals surface area contributed by atoms with Crippen molar-refractivity contribution in [3.05, 3.63) is 48.6 Å². The van der Waals surface area contributed by atoms with Crippen LogP contribution >= 0.6 is 7.82 Å². The zero-order valence-corrected chi connectivity index (χ0v) is 67.9. The van der Waals surface area contributed by atoms with Crippen LogP contribution in [-0.4, -0.2) is 70.0 Å². The first kappa shape index (κ1) is 97.0. The Bertz CT molecular complexity index is 1810. The summed E-state index contributed by atoms with van der Waals surface area (Å²) in [6.07, 6.45) is 107. The van der Waals surface area contributed by atoms with Crippen molar-refractivity contribution >= 4 is 19.8 Å². The normalized spacial score (nSPS) is 13.2. The first-order valence-electron chi connectivity index (χ1n) is 43.8. The van der Waals surface area contributed by atoms with E-state index in [0.29, 0.717) is 17.4 Å². The number of hydrogen-bond donors (Lipinski definition) is 0. The standard InChI is InChI=1S/C89H170NO8P/c1-6-8-10-12-14-16-18-20-22-24-26-28-30-32-34-36-38-40-42-44-45-46-48-50-52-54-56-58-60-62-64-66-68-70-72-74-76-78-80-82-89(92)98-87(86-97-99(93,94)96-84-83-90(3,4)5)85-95-88(91)81-79-77-75-73-71-69-67-65-63-61-59-57-55-53-51-49-47-43-41-39-37-35-33-31-29-27-25-23-21-19-17-15-13-11-9-7-2/h8,10,14,16,20,22,26,28,87H,6-7,9,11-13,15,17-19,21,23-25,27,29-86H2,1-5H3/b10-8-,16-14-,22-20-,28-26-. The lowest BCUT2D eigenvalue weighted by Gasteiger charge is -2.28. The molecule has 0 radical (unpaired) electrons. The van der Waals surface area contributed by atoms with Gasteiger partial charge in [-0.1, -0.05) is 441 Å². The van der Waals surface area contributed by atoms with Crippen molar-refractivity contribution in [2.24, 2.45) is 0 Å². The van der Waals surface area contributed by atoms with Gasteiger partial charge in [-0.05, 0) is 51.4 Å². The second kappa shape index (κ2) is 80.1. The number of rotatable bonds is 83. The van der Waals surface area contributed by atoms with E-state index in [9.17, 15) is 19.0 Å². The number of carbonyl (C=O) groups excluding carboxylic acids is 2. The molecular formula is C89H170NO8P. The molecule has 0 bridgehead atoms. The minimum absolute atomic E-state index is 0.0268. The minimum Gasteiger partial charge on any atom is -0.756 e. The molecule has 0 N–H and O–H groups in total. The Kier molecular flexibility index (Phi) is 78.4. The summed E-state index contributed by atoms with van der Waals surface area (Å²) in [5.41, 5.74) is 0. The van der Waals surface area contributed by atoms with Crippen LogP contribution in [-0.2, 0) is 32.7 Å². The van der Waals surface area contributed by atoms with Crippen LogP contribution in [0.15, 0.2) is 48.6 Å². The predicted octanol–water partition coefficient (Wildman–Crippen LogP) is 28.8. The number of likely N-dealkylation sites (N-methyl/N-ethyl adjacent to an activating group) is 1. The van der Waals surface area contributed by atoms with Crippen molar-refractivity contribution < 1.29 is 42.1 Å². The summed E-state index contributed by atoms with van der Waals surface area (Å²) in [7, 11) is 1.19. The number of phosphoric ester groups is 1. The Balaban J connectivity index is 3.84. The van der Waals surface area contributed by atoms with E-state index in [1.54, 1.807) is 0 Å². The lowest BCUT2D eigenvalue weighted by molar-refractivity contribution is -0.870. The fraction of sp³-hybridized carbons (Fsp3) is 0.888. The number of unbranched alkanes of at least 4 members (excludes halogenated alkanes) is 61. The summed E-state index contributed by atoms with van der Waals surface area (Å²) in [6.45, 7) is 4.22. The van der Waals surface area contributed by atoms with E-state index < -0.39 is 26.5 Å². The predicted molar refractivity (Wildman–Crippen MR) is 430 cm³/mol. The lowest BCUT2D eigenvalue weighted by Crippen LogP contribution is -2.37. The molecule has 0 heterocycles. The molecule has 0 aromatic heterocycles. The summed E-state index contributed by atoms with van der Waals surface area (Å²) in [6, 6.07) is 0. The Morgan fingerprint density at radius 1 is 0.323 bits per heavy atom. The van der Waals surface area contributed by atoms with Crippen molar-refractivity contribution in [3.8, 4) is 0 Å². The second-order valence-electron chi connectivity index (χ2n) is 31.2. The molecule has 584 valence electrons. The van der Waals surface area contributed by atoms with Crippen LogP contribution in [0.3, 0.4) is 0 Å². The zero-order chi connectivity index (χ0) is 71.8. The van der Waals surface area contributed by atoms with Crippen molar-refractivity contribution in [3.63, 3.8) is 0 Å². The van der Waals surface area contributed by atoms with E-state index in [1.807, 2.05) is 21.1 Å². The third-order valence-corrected chi connectivity index (χ3v) is 21.1. The Labute approximate surface area is 617 Å².